The molecule has 1 aromatic rings. The lowest BCUT2D eigenvalue weighted by Gasteiger charge is -2.16. The number of nitriles is 1. The zero-order chi connectivity index (χ0) is 19.2. The first kappa shape index (κ1) is 20.1. The summed E-state index contributed by atoms with van der Waals surface area (Å²) in [6.07, 6.45) is 1.03. The number of nitrogens with zero attached hydrogens (tertiary/aromatic N) is 1. The Bertz CT molecular complexity index is 822. The van der Waals surface area contributed by atoms with Crippen molar-refractivity contribution in [3.63, 3.8) is 0 Å². The molecule has 0 radical (unpaired) electrons. The Morgan fingerprint density at radius 2 is 1.84 bits per heavy atom. The smallest absolute Gasteiger partial charge is 0.326 e. The van der Waals surface area contributed by atoms with Gasteiger partial charge in [0.05, 0.1) is 4.90 Å². The van der Waals surface area contributed by atoms with Crippen molar-refractivity contribution in [2.45, 2.75) is 24.8 Å². The van der Waals surface area contributed by atoms with Crippen LogP contribution in [-0.4, -0.2) is 31.4 Å². The molecular weight excluding hydrogens is 348 g/mol. The van der Waals surface area contributed by atoms with E-state index in [1.54, 1.807) is 19.9 Å². The van der Waals surface area contributed by atoms with E-state index in [0.29, 0.717) is 0 Å². The van der Waals surface area contributed by atoms with Crippen LogP contribution in [0.4, 0.5) is 5.69 Å². The van der Waals surface area contributed by atoms with Crippen LogP contribution in [0.25, 0.3) is 0 Å². The normalized spacial score (nSPS) is 13.0. The van der Waals surface area contributed by atoms with Gasteiger partial charge in [-0.2, -0.15) is 5.26 Å². The molecule has 0 aliphatic rings. The molecule has 1 amide bonds. The maximum absolute atomic E-state index is 12.0. The van der Waals surface area contributed by atoms with E-state index >= 15 is 0 Å². The summed E-state index contributed by atoms with van der Waals surface area (Å²) in [5.41, 5.74) is -0.0837. The molecule has 5 N–H and O–H groups in total. The Balaban J connectivity index is 2.88. The highest BCUT2D eigenvalue weighted by Gasteiger charge is 2.20. The third-order valence-electron chi connectivity index (χ3n) is 3.15. The molecule has 1 unspecified atom stereocenters. The van der Waals surface area contributed by atoms with Crippen LogP contribution < -0.4 is 15.8 Å². The van der Waals surface area contributed by atoms with Gasteiger partial charge in [0.2, 0.25) is 10.0 Å². The van der Waals surface area contributed by atoms with E-state index in [-0.39, 0.29) is 22.1 Å². The molecule has 25 heavy (non-hydrogen) atoms. The van der Waals surface area contributed by atoms with Gasteiger partial charge >= 0.3 is 5.97 Å². The van der Waals surface area contributed by atoms with Gasteiger partial charge in [-0.3, -0.25) is 4.79 Å². The number of primary sulfonamides is 1. The molecule has 0 saturated carbocycles. The van der Waals surface area contributed by atoms with E-state index in [4.69, 9.17) is 15.5 Å². The molecule has 0 heterocycles. The summed E-state index contributed by atoms with van der Waals surface area (Å²) < 4.78 is 22.3. The topological polar surface area (TPSA) is 162 Å². The van der Waals surface area contributed by atoms with Crippen LogP contribution >= 0.6 is 0 Å². The average molecular weight is 366 g/mol. The fraction of sp³-hybridized carbons (Fsp3) is 0.267. The number of hydrogen-bond acceptors (Lipinski definition) is 6. The molecule has 0 saturated heterocycles. The molecule has 0 aliphatic carbocycles. The number of sulfonamides is 1. The molecule has 1 atom stereocenters. The number of nitrogens with one attached hydrogen (secondary N) is 2. The van der Waals surface area contributed by atoms with E-state index in [2.05, 4.69) is 10.6 Å². The van der Waals surface area contributed by atoms with Crippen LogP contribution in [0.2, 0.25) is 0 Å². The number of amides is 1. The minimum absolute atomic E-state index is 0.121. The van der Waals surface area contributed by atoms with Crippen LogP contribution in [0.1, 0.15) is 13.8 Å². The molecule has 0 aliphatic heterocycles. The minimum atomic E-state index is -3.85. The standard InChI is InChI=1S/C15H18N4O5S/c1-9(2)13(15(21)22)18-8-10(7-16)14(20)19-11-3-5-12(6-4-11)25(17,23)24/h3-6,8-9,13,18H,1-2H3,(H,19,20)(H,21,22)(H2,17,23,24)/b10-8-. The maximum Gasteiger partial charge on any atom is 0.326 e. The van der Waals surface area contributed by atoms with E-state index in [1.807, 2.05) is 0 Å². The summed E-state index contributed by atoms with van der Waals surface area (Å²) in [7, 11) is -3.85. The van der Waals surface area contributed by atoms with Crippen molar-refractivity contribution in [1.82, 2.24) is 5.32 Å². The first-order valence-electron chi connectivity index (χ1n) is 7.09. The Morgan fingerprint density at radius 3 is 2.24 bits per heavy atom. The Labute approximate surface area is 145 Å². The number of benzene rings is 1. The highest BCUT2D eigenvalue weighted by atomic mass is 32.2. The number of carbonyl (C=O) groups excluding carboxylic acids is 1. The largest absolute Gasteiger partial charge is 0.480 e. The summed E-state index contributed by atoms with van der Waals surface area (Å²) in [6.45, 7) is 3.36. The molecule has 1 rings (SSSR count). The van der Waals surface area contributed by atoms with Gasteiger partial charge in [0.1, 0.15) is 17.7 Å². The predicted octanol–water partition coefficient (Wildman–Crippen LogP) is 0.379. The predicted molar refractivity (Wildman–Crippen MR) is 89.5 cm³/mol. The minimum Gasteiger partial charge on any atom is -0.480 e. The third kappa shape index (κ3) is 5.91. The van der Waals surface area contributed by atoms with Crippen LogP contribution in [0.5, 0.6) is 0 Å². The third-order valence-corrected chi connectivity index (χ3v) is 4.07. The number of hydrogen-bond donors (Lipinski definition) is 4. The van der Waals surface area contributed by atoms with Gasteiger partial charge in [0, 0.05) is 11.9 Å². The van der Waals surface area contributed by atoms with Crippen molar-refractivity contribution in [1.29, 1.82) is 5.26 Å². The lowest BCUT2D eigenvalue weighted by molar-refractivity contribution is -0.140. The first-order valence-corrected chi connectivity index (χ1v) is 8.64. The molecule has 0 spiro atoms. The number of rotatable bonds is 7. The Kier molecular flexibility index (Phi) is 6.67. The molecule has 1 aromatic carbocycles. The van der Waals surface area contributed by atoms with Crippen LogP contribution in [-0.2, 0) is 19.6 Å². The van der Waals surface area contributed by atoms with E-state index in [9.17, 15) is 18.0 Å². The van der Waals surface area contributed by atoms with Gasteiger partial charge in [0.25, 0.3) is 5.91 Å². The Hall–Kier alpha value is -2.90. The van der Waals surface area contributed by atoms with Gasteiger partial charge in [0.15, 0.2) is 0 Å². The first-order chi connectivity index (χ1) is 11.6. The number of carboxylic acids is 1. The molecule has 10 heteroatoms. The van der Waals surface area contributed by atoms with Crippen LogP contribution in [0.3, 0.4) is 0 Å². The lowest BCUT2D eigenvalue weighted by Crippen LogP contribution is -2.38. The fourth-order valence-corrected chi connectivity index (χ4v) is 2.31. The van der Waals surface area contributed by atoms with Gasteiger partial charge in [-0.15, -0.1) is 0 Å². The van der Waals surface area contributed by atoms with Crippen LogP contribution in [0.15, 0.2) is 40.9 Å². The summed E-state index contributed by atoms with van der Waals surface area (Å²) in [5, 5.41) is 28.0. The van der Waals surface area contributed by atoms with Crippen molar-refractivity contribution < 1.29 is 23.1 Å². The second kappa shape index (κ2) is 8.27. The van der Waals surface area contributed by atoms with Gasteiger partial charge < -0.3 is 15.7 Å². The lowest BCUT2D eigenvalue weighted by atomic mass is 10.1. The zero-order valence-electron chi connectivity index (χ0n) is 13.6. The average Bonchev–Trinajstić information content (AvgIpc) is 2.50. The highest BCUT2D eigenvalue weighted by molar-refractivity contribution is 7.89. The number of carboxylic acid groups (broad SMARTS) is 1. The second-order valence-corrected chi connectivity index (χ2v) is 6.98. The van der Waals surface area contributed by atoms with Crippen molar-refractivity contribution in [3.05, 3.63) is 36.0 Å². The van der Waals surface area contributed by atoms with Crippen molar-refractivity contribution in [2.24, 2.45) is 11.1 Å². The van der Waals surface area contributed by atoms with Crippen molar-refractivity contribution in [3.8, 4) is 6.07 Å². The van der Waals surface area contributed by atoms with E-state index < -0.39 is 27.9 Å². The number of anilines is 1. The molecular formula is C15H18N4O5S. The van der Waals surface area contributed by atoms with Gasteiger partial charge in [-0.05, 0) is 30.2 Å². The number of nitrogens with two attached hydrogens (primary N) is 1. The number of aliphatic carboxylic acids is 1. The fourth-order valence-electron chi connectivity index (χ4n) is 1.80. The molecule has 9 nitrogen and oxygen atoms in total. The molecule has 0 aromatic heterocycles. The Morgan fingerprint density at radius 1 is 1.28 bits per heavy atom. The number of carbonyl (C=O) groups is 2. The molecule has 0 fully saturated rings. The SMILES string of the molecule is CC(C)C(N/C=C(/C#N)C(=O)Nc1ccc(S(N)(=O)=O)cc1)C(=O)O. The molecule has 0 bridgehead atoms. The van der Waals surface area contributed by atoms with Gasteiger partial charge in [-0.1, -0.05) is 13.8 Å². The second-order valence-electron chi connectivity index (χ2n) is 5.42. The van der Waals surface area contributed by atoms with Crippen molar-refractivity contribution in [2.75, 3.05) is 5.32 Å². The van der Waals surface area contributed by atoms with E-state index in [0.717, 1.165) is 6.20 Å². The van der Waals surface area contributed by atoms with Gasteiger partial charge in [-0.25, -0.2) is 18.4 Å². The summed E-state index contributed by atoms with van der Waals surface area (Å²) in [5.74, 6) is -2.14. The molecule has 134 valence electrons. The summed E-state index contributed by atoms with van der Waals surface area (Å²) >= 11 is 0. The monoisotopic (exact) mass is 366 g/mol. The summed E-state index contributed by atoms with van der Waals surface area (Å²) in [6, 6.07) is 5.76. The quantitative estimate of drug-likeness (QED) is 0.400. The highest BCUT2D eigenvalue weighted by Crippen LogP contribution is 2.13. The summed E-state index contributed by atoms with van der Waals surface area (Å²) in [4.78, 5) is 23.0. The van der Waals surface area contributed by atoms with Crippen molar-refractivity contribution >= 4 is 27.6 Å². The van der Waals surface area contributed by atoms with E-state index in [1.165, 1.54) is 24.3 Å². The zero-order valence-corrected chi connectivity index (χ0v) is 14.4. The van der Waals surface area contributed by atoms with Crippen LogP contribution in [0, 0.1) is 17.2 Å². The maximum atomic E-state index is 12.0.